The summed E-state index contributed by atoms with van der Waals surface area (Å²) in [7, 11) is 0. The fourth-order valence-corrected chi connectivity index (χ4v) is 2.62. The standard InChI is InChI=1S/C14H19N3O2.ClH/c18-14(17-6-8-19-9-7-17)11-3-4-13(16-10-11)12-2-1-5-15-12;/h3-4,10,12,15H,1-2,5-9H2;1H. The molecule has 5 nitrogen and oxygen atoms in total. The Kier molecular flexibility index (Phi) is 5.34. The molecule has 2 aliphatic heterocycles. The van der Waals surface area contributed by atoms with E-state index in [9.17, 15) is 4.79 Å². The predicted molar refractivity (Wildman–Crippen MR) is 78.2 cm³/mol. The van der Waals surface area contributed by atoms with Crippen molar-refractivity contribution in [3.8, 4) is 0 Å². The highest BCUT2D eigenvalue weighted by Crippen LogP contribution is 2.21. The summed E-state index contributed by atoms with van der Waals surface area (Å²) >= 11 is 0. The summed E-state index contributed by atoms with van der Waals surface area (Å²) in [6, 6.07) is 4.21. The van der Waals surface area contributed by atoms with Crippen LogP contribution in [0, 0.1) is 0 Å². The molecule has 0 aliphatic carbocycles. The van der Waals surface area contributed by atoms with Crippen molar-refractivity contribution in [1.29, 1.82) is 0 Å². The zero-order chi connectivity index (χ0) is 13.1. The lowest BCUT2D eigenvalue weighted by Gasteiger charge is -2.26. The minimum atomic E-state index is 0. The fourth-order valence-electron chi connectivity index (χ4n) is 2.62. The molecule has 2 saturated heterocycles. The third-order valence-corrected chi connectivity index (χ3v) is 3.75. The number of pyridine rings is 1. The summed E-state index contributed by atoms with van der Waals surface area (Å²) in [4.78, 5) is 18.5. The number of hydrogen-bond acceptors (Lipinski definition) is 4. The monoisotopic (exact) mass is 297 g/mol. The van der Waals surface area contributed by atoms with Crippen molar-refractivity contribution in [2.75, 3.05) is 32.8 Å². The largest absolute Gasteiger partial charge is 0.378 e. The molecule has 3 heterocycles. The van der Waals surface area contributed by atoms with Crippen molar-refractivity contribution in [2.45, 2.75) is 18.9 Å². The molecule has 0 aromatic carbocycles. The van der Waals surface area contributed by atoms with Crippen LogP contribution in [0.25, 0.3) is 0 Å². The molecule has 2 fully saturated rings. The SMILES string of the molecule is Cl.O=C(c1ccc(C2CCCN2)nc1)N1CCOCC1. The molecule has 1 N–H and O–H groups in total. The van der Waals surface area contributed by atoms with Gasteiger partial charge in [0, 0.05) is 25.3 Å². The Morgan fingerprint density at radius 2 is 2.15 bits per heavy atom. The summed E-state index contributed by atoms with van der Waals surface area (Å²) in [5, 5.41) is 3.41. The van der Waals surface area contributed by atoms with E-state index in [1.54, 1.807) is 6.20 Å². The smallest absolute Gasteiger partial charge is 0.255 e. The highest BCUT2D eigenvalue weighted by Gasteiger charge is 2.20. The van der Waals surface area contributed by atoms with Gasteiger partial charge in [0.1, 0.15) is 0 Å². The van der Waals surface area contributed by atoms with E-state index in [2.05, 4.69) is 10.3 Å². The van der Waals surface area contributed by atoms with Crippen molar-refractivity contribution in [3.63, 3.8) is 0 Å². The third-order valence-electron chi connectivity index (χ3n) is 3.75. The molecule has 1 aromatic rings. The molecule has 1 aromatic heterocycles. The number of rotatable bonds is 2. The lowest BCUT2D eigenvalue weighted by atomic mass is 10.1. The van der Waals surface area contributed by atoms with Crippen LogP contribution in [-0.2, 0) is 4.74 Å². The molecule has 2 aliphatic rings. The topological polar surface area (TPSA) is 54.5 Å². The molecule has 1 unspecified atom stereocenters. The zero-order valence-corrected chi connectivity index (χ0v) is 12.2. The average molecular weight is 298 g/mol. The van der Waals surface area contributed by atoms with E-state index in [0.717, 1.165) is 18.7 Å². The summed E-state index contributed by atoms with van der Waals surface area (Å²) in [5.41, 5.74) is 1.71. The first-order valence-electron chi connectivity index (χ1n) is 6.91. The van der Waals surface area contributed by atoms with Crippen LogP contribution in [0.4, 0.5) is 0 Å². The van der Waals surface area contributed by atoms with Gasteiger partial charge >= 0.3 is 0 Å². The molecule has 1 atom stereocenters. The molecule has 110 valence electrons. The third kappa shape index (κ3) is 3.29. The zero-order valence-electron chi connectivity index (χ0n) is 11.4. The van der Waals surface area contributed by atoms with Crippen LogP contribution < -0.4 is 5.32 Å². The van der Waals surface area contributed by atoms with Crippen LogP contribution in [-0.4, -0.2) is 48.6 Å². The Hall–Kier alpha value is -1.17. The number of ether oxygens (including phenoxy) is 1. The molecule has 6 heteroatoms. The van der Waals surface area contributed by atoms with Gasteiger partial charge < -0.3 is 15.0 Å². The van der Waals surface area contributed by atoms with Crippen molar-refractivity contribution < 1.29 is 9.53 Å². The number of morpholine rings is 1. The number of nitrogens with zero attached hydrogens (tertiary/aromatic N) is 2. The molecular weight excluding hydrogens is 278 g/mol. The van der Waals surface area contributed by atoms with Crippen LogP contribution in [0.1, 0.15) is 34.9 Å². The second-order valence-corrected chi connectivity index (χ2v) is 5.03. The summed E-state index contributed by atoms with van der Waals surface area (Å²) in [6.45, 7) is 3.66. The van der Waals surface area contributed by atoms with E-state index in [4.69, 9.17) is 4.74 Å². The van der Waals surface area contributed by atoms with Gasteiger partial charge in [-0.3, -0.25) is 9.78 Å². The Bertz CT molecular complexity index is 440. The first kappa shape index (κ1) is 15.2. The second kappa shape index (κ2) is 7.02. The van der Waals surface area contributed by atoms with Gasteiger partial charge in [-0.1, -0.05) is 0 Å². The Balaban J connectivity index is 0.00000147. The molecule has 0 radical (unpaired) electrons. The average Bonchev–Trinajstić information content (AvgIpc) is 3.02. The van der Waals surface area contributed by atoms with Gasteiger partial charge in [-0.05, 0) is 31.5 Å². The minimum Gasteiger partial charge on any atom is -0.378 e. The van der Waals surface area contributed by atoms with Gasteiger partial charge in [0.05, 0.1) is 24.5 Å². The van der Waals surface area contributed by atoms with Crippen molar-refractivity contribution in [1.82, 2.24) is 15.2 Å². The molecule has 3 rings (SSSR count). The minimum absolute atomic E-state index is 0. The summed E-state index contributed by atoms with van der Waals surface area (Å²) in [6.07, 6.45) is 4.03. The van der Waals surface area contributed by atoms with E-state index >= 15 is 0 Å². The van der Waals surface area contributed by atoms with Gasteiger partial charge in [-0.2, -0.15) is 0 Å². The van der Waals surface area contributed by atoms with Crippen molar-refractivity contribution in [2.24, 2.45) is 0 Å². The Morgan fingerprint density at radius 3 is 2.75 bits per heavy atom. The number of carbonyl (C=O) groups is 1. The molecule has 0 bridgehead atoms. The Labute approximate surface area is 125 Å². The van der Waals surface area contributed by atoms with E-state index in [-0.39, 0.29) is 18.3 Å². The fraction of sp³-hybridized carbons (Fsp3) is 0.571. The highest BCUT2D eigenvalue weighted by molar-refractivity contribution is 5.94. The van der Waals surface area contributed by atoms with Crippen LogP contribution in [0.3, 0.4) is 0 Å². The van der Waals surface area contributed by atoms with E-state index in [1.807, 2.05) is 17.0 Å². The number of halogens is 1. The van der Waals surface area contributed by atoms with Crippen molar-refractivity contribution >= 4 is 18.3 Å². The van der Waals surface area contributed by atoms with Crippen LogP contribution in [0.5, 0.6) is 0 Å². The van der Waals surface area contributed by atoms with E-state index in [1.165, 1.54) is 6.42 Å². The number of nitrogens with one attached hydrogen (secondary N) is 1. The number of aromatic nitrogens is 1. The molecule has 0 saturated carbocycles. The summed E-state index contributed by atoms with van der Waals surface area (Å²) < 4.78 is 5.25. The second-order valence-electron chi connectivity index (χ2n) is 5.03. The summed E-state index contributed by atoms with van der Waals surface area (Å²) in [5.74, 6) is 0.0572. The van der Waals surface area contributed by atoms with Gasteiger partial charge in [0.15, 0.2) is 0 Å². The van der Waals surface area contributed by atoms with Gasteiger partial charge in [-0.25, -0.2) is 0 Å². The van der Waals surface area contributed by atoms with E-state index in [0.29, 0.717) is 37.9 Å². The predicted octanol–water partition coefficient (Wildman–Crippen LogP) is 1.40. The molecular formula is C14H20ClN3O2. The molecule has 1 amide bonds. The quantitative estimate of drug-likeness (QED) is 0.896. The number of hydrogen-bond donors (Lipinski definition) is 1. The van der Waals surface area contributed by atoms with Crippen LogP contribution in [0.15, 0.2) is 18.3 Å². The van der Waals surface area contributed by atoms with Gasteiger partial charge in [-0.15, -0.1) is 12.4 Å². The van der Waals surface area contributed by atoms with Crippen LogP contribution in [0.2, 0.25) is 0 Å². The first-order chi connectivity index (χ1) is 9.34. The van der Waals surface area contributed by atoms with Crippen molar-refractivity contribution in [3.05, 3.63) is 29.6 Å². The van der Waals surface area contributed by atoms with Crippen LogP contribution >= 0.6 is 12.4 Å². The molecule has 20 heavy (non-hydrogen) atoms. The maximum atomic E-state index is 12.2. The van der Waals surface area contributed by atoms with Gasteiger partial charge in [0.25, 0.3) is 5.91 Å². The molecule has 0 spiro atoms. The Morgan fingerprint density at radius 1 is 1.35 bits per heavy atom. The van der Waals surface area contributed by atoms with E-state index < -0.39 is 0 Å². The number of amides is 1. The van der Waals surface area contributed by atoms with Gasteiger partial charge in [0.2, 0.25) is 0 Å². The highest BCUT2D eigenvalue weighted by atomic mass is 35.5. The maximum Gasteiger partial charge on any atom is 0.255 e. The normalized spacial score (nSPS) is 22.4. The maximum absolute atomic E-state index is 12.2. The first-order valence-corrected chi connectivity index (χ1v) is 6.91. The lowest BCUT2D eigenvalue weighted by molar-refractivity contribution is 0.0302. The number of carbonyl (C=O) groups excluding carboxylic acids is 1. The lowest BCUT2D eigenvalue weighted by Crippen LogP contribution is -2.40.